The Bertz CT molecular complexity index is 505. The second-order valence-corrected chi connectivity index (χ2v) is 4.08. The van der Waals surface area contributed by atoms with Gasteiger partial charge in [-0.25, -0.2) is 4.68 Å². The van der Waals surface area contributed by atoms with Crippen LogP contribution in [0.15, 0.2) is 30.5 Å². The monoisotopic (exact) mass is 231 g/mol. The highest BCUT2D eigenvalue weighted by Gasteiger charge is 2.07. The zero-order valence-corrected chi connectivity index (χ0v) is 9.93. The van der Waals surface area contributed by atoms with Gasteiger partial charge in [-0.2, -0.15) is 5.10 Å². The molecule has 0 bridgehead atoms. The summed E-state index contributed by atoms with van der Waals surface area (Å²) >= 11 is 0. The van der Waals surface area contributed by atoms with Gasteiger partial charge < -0.3 is 10.8 Å². The van der Waals surface area contributed by atoms with Crippen molar-refractivity contribution in [3.8, 4) is 11.4 Å². The summed E-state index contributed by atoms with van der Waals surface area (Å²) < 4.78 is 1.84. The van der Waals surface area contributed by atoms with Gasteiger partial charge in [0.2, 0.25) is 0 Å². The Morgan fingerprint density at radius 2 is 2.24 bits per heavy atom. The predicted molar refractivity (Wildman–Crippen MR) is 67.3 cm³/mol. The van der Waals surface area contributed by atoms with Crippen LogP contribution in [0.5, 0.6) is 5.75 Å². The Morgan fingerprint density at radius 1 is 1.41 bits per heavy atom. The lowest BCUT2D eigenvalue weighted by atomic mass is 10.1. The van der Waals surface area contributed by atoms with Crippen LogP contribution in [0.25, 0.3) is 5.69 Å². The Labute approximate surface area is 101 Å². The fourth-order valence-corrected chi connectivity index (χ4v) is 1.87. The number of aromatic nitrogens is 2. The highest BCUT2D eigenvalue weighted by atomic mass is 16.3. The number of hydrogen-bond acceptors (Lipinski definition) is 3. The largest absolute Gasteiger partial charge is 0.508 e. The first-order valence-electron chi connectivity index (χ1n) is 5.75. The number of nitrogens with two attached hydrogens (primary N) is 1. The summed E-state index contributed by atoms with van der Waals surface area (Å²) in [5.41, 5.74) is 8.69. The first kappa shape index (κ1) is 11.7. The quantitative estimate of drug-likeness (QED) is 0.843. The molecule has 4 heteroatoms. The normalized spacial score (nSPS) is 10.7. The molecule has 3 N–H and O–H groups in total. The van der Waals surface area contributed by atoms with E-state index in [0.717, 1.165) is 24.2 Å². The number of benzene rings is 1. The van der Waals surface area contributed by atoms with Crippen LogP contribution < -0.4 is 5.73 Å². The topological polar surface area (TPSA) is 64.1 Å². The SMILES string of the molecule is Cc1c(CCCN)cnn1-c1cccc(O)c1. The van der Waals surface area contributed by atoms with Crippen molar-refractivity contribution in [2.45, 2.75) is 19.8 Å². The molecule has 4 nitrogen and oxygen atoms in total. The Morgan fingerprint density at radius 3 is 2.94 bits per heavy atom. The fraction of sp³-hybridized carbons (Fsp3) is 0.308. The smallest absolute Gasteiger partial charge is 0.117 e. The van der Waals surface area contributed by atoms with E-state index in [9.17, 15) is 5.11 Å². The maximum Gasteiger partial charge on any atom is 0.117 e. The van der Waals surface area contributed by atoms with Crippen LogP contribution in [0.3, 0.4) is 0 Å². The minimum atomic E-state index is 0.251. The van der Waals surface area contributed by atoms with Gasteiger partial charge in [0.15, 0.2) is 0 Å². The van der Waals surface area contributed by atoms with Gasteiger partial charge in [0, 0.05) is 11.8 Å². The van der Waals surface area contributed by atoms with Gasteiger partial charge in [-0.3, -0.25) is 0 Å². The predicted octanol–water partition coefficient (Wildman–Crippen LogP) is 1.78. The average Bonchev–Trinajstić information content (AvgIpc) is 2.68. The van der Waals surface area contributed by atoms with Crippen molar-refractivity contribution < 1.29 is 5.11 Å². The van der Waals surface area contributed by atoms with Crippen LogP contribution in [-0.2, 0) is 6.42 Å². The molecule has 0 saturated carbocycles. The maximum absolute atomic E-state index is 9.46. The molecule has 0 radical (unpaired) electrons. The van der Waals surface area contributed by atoms with E-state index in [4.69, 9.17) is 5.73 Å². The van der Waals surface area contributed by atoms with Gasteiger partial charge in [-0.1, -0.05) is 6.07 Å². The zero-order chi connectivity index (χ0) is 12.3. The van der Waals surface area contributed by atoms with Crippen LogP contribution in [-0.4, -0.2) is 21.4 Å². The second-order valence-electron chi connectivity index (χ2n) is 4.08. The van der Waals surface area contributed by atoms with Crippen LogP contribution >= 0.6 is 0 Å². The maximum atomic E-state index is 9.46. The molecular formula is C13H17N3O. The Kier molecular flexibility index (Phi) is 3.44. The molecule has 0 atom stereocenters. The molecule has 1 aromatic carbocycles. The Hall–Kier alpha value is -1.81. The first-order valence-corrected chi connectivity index (χ1v) is 5.75. The number of phenols is 1. The van der Waals surface area contributed by atoms with Crippen molar-refractivity contribution in [1.29, 1.82) is 0 Å². The van der Waals surface area contributed by atoms with E-state index in [1.54, 1.807) is 12.1 Å². The van der Waals surface area contributed by atoms with E-state index in [1.165, 1.54) is 5.56 Å². The minimum Gasteiger partial charge on any atom is -0.508 e. The molecule has 0 unspecified atom stereocenters. The molecule has 0 aliphatic rings. The number of nitrogens with zero attached hydrogens (tertiary/aromatic N) is 2. The molecule has 0 spiro atoms. The van der Waals surface area contributed by atoms with Crippen LogP contribution in [0.2, 0.25) is 0 Å². The molecule has 1 heterocycles. The molecular weight excluding hydrogens is 214 g/mol. The van der Waals surface area contributed by atoms with Crippen molar-refractivity contribution in [3.05, 3.63) is 41.7 Å². The summed E-state index contributed by atoms with van der Waals surface area (Å²) in [6.45, 7) is 2.72. The van der Waals surface area contributed by atoms with Crippen LogP contribution in [0.4, 0.5) is 0 Å². The van der Waals surface area contributed by atoms with Gasteiger partial charge in [0.25, 0.3) is 0 Å². The van der Waals surface area contributed by atoms with E-state index >= 15 is 0 Å². The second kappa shape index (κ2) is 5.01. The van der Waals surface area contributed by atoms with E-state index in [-0.39, 0.29) is 5.75 Å². The van der Waals surface area contributed by atoms with Crippen molar-refractivity contribution in [2.75, 3.05) is 6.54 Å². The average molecular weight is 231 g/mol. The molecule has 17 heavy (non-hydrogen) atoms. The van der Waals surface area contributed by atoms with E-state index in [2.05, 4.69) is 5.10 Å². The van der Waals surface area contributed by atoms with Crippen LogP contribution in [0, 0.1) is 6.92 Å². The first-order chi connectivity index (χ1) is 8.22. The van der Waals surface area contributed by atoms with Crippen molar-refractivity contribution in [2.24, 2.45) is 5.73 Å². The van der Waals surface area contributed by atoms with E-state index < -0.39 is 0 Å². The molecule has 90 valence electrons. The number of rotatable bonds is 4. The number of aryl methyl sites for hydroxylation is 1. The summed E-state index contributed by atoms with van der Waals surface area (Å²) in [5, 5.41) is 13.8. The molecule has 0 fully saturated rings. The fourth-order valence-electron chi connectivity index (χ4n) is 1.87. The summed E-state index contributed by atoms with van der Waals surface area (Å²) in [4.78, 5) is 0. The molecule has 0 amide bonds. The molecule has 0 saturated heterocycles. The summed E-state index contributed by atoms with van der Waals surface area (Å²) in [6, 6.07) is 7.09. The molecule has 2 aromatic rings. The molecule has 0 aliphatic heterocycles. The Balaban J connectivity index is 2.30. The molecule has 1 aromatic heterocycles. The van der Waals surface area contributed by atoms with E-state index in [0.29, 0.717) is 6.54 Å². The summed E-state index contributed by atoms with van der Waals surface area (Å²) in [5.74, 6) is 0.251. The van der Waals surface area contributed by atoms with E-state index in [1.807, 2.05) is 29.9 Å². The zero-order valence-electron chi connectivity index (χ0n) is 9.93. The van der Waals surface area contributed by atoms with Gasteiger partial charge >= 0.3 is 0 Å². The third-order valence-corrected chi connectivity index (χ3v) is 2.84. The lowest BCUT2D eigenvalue weighted by molar-refractivity contribution is 0.475. The summed E-state index contributed by atoms with van der Waals surface area (Å²) in [6.07, 6.45) is 3.78. The number of phenolic OH excluding ortho intramolecular Hbond substituents is 1. The lowest BCUT2D eigenvalue weighted by Gasteiger charge is -2.05. The number of aromatic hydroxyl groups is 1. The minimum absolute atomic E-state index is 0.251. The highest BCUT2D eigenvalue weighted by molar-refractivity contribution is 5.40. The lowest BCUT2D eigenvalue weighted by Crippen LogP contribution is -2.02. The van der Waals surface area contributed by atoms with Gasteiger partial charge in [-0.15, -0.1) is 0 Å². The standard InChI is InChI=1S/C13H17N3O/c1-10-11(4-3-7-14)9-15-16(10)12-5-2-6-13(17)8-12/h2,5-6,8-9,17H,3-4,7,14H2,1H3. The van der Waals surface area contributed by atoms with Crippen molar-refractivity contribution >= 4 is 0 Å². The molecule has 2 rings (SSSR count). The van der Waals surface area contributed by atoms with Gasteiger partial charge in [0.1, 0.15) is 5.75 Å². The third kappa shape index (κ3) is 2.47. The van der Waals surface area contributed by atoms with Gasteiger partial charge in [0.05, 0.1) is 11.9 Å². The summed E-state index contributed by atoms with van der Waals surface area (Å²) in [7, 11) is 0. The third-order valence-electron chi connectivity index (χ3n) is 2.84. The van der Waals surface area contributed by atoms with Crippen LogP contribution in [0.1, 0.15) is 17.7 Å². The van der Waals surface area contributed by atoms with Crippen molar-refractivity contribution in [3.63, 3.8) is 0 Å². The van der Waals surface area contributed by atoms with Crippen molar-refractivity contribution in [1.82, 2.24) is 9.78 Å². The highest BCUT2D eigenvalue weighted by Crippen LogP contribution is 2.18. The van der Waals surface area contributed by atoms with Gasteiger partial charge in [-0.05, 0) is 44.0 Å². The number of hydrogen-bond donors (Lipinski definition) is 2. The molecule has 0 aliphatic carbocycles.